The summed E-state index contributed by atoms with van der Waals surface area (Å²) in [6.45, 7) is 1.10. The highest BCUT2D eigenvalue weighted by Crippen LogP contribution is 2.60. The summed E-state index contributed by atoms with van der Waals surface area (Å²) < 4.78 is 48.4. The second-order valence-corrected chi connectivity index (χ2v) is 17.4. The number of rotatable bonds is 8. The molecule has 17 heteroatoms. The molecule has 1 aromatic carbocycles. The van der Waals surface area contributed by atoms with Crippen LogP contribution in [0.5, 0.6) is 0 Å². The van der Waals surface area contributed by atoms with E-state index in [1.165, 1.54) is 40.8 Å². The Kier molecular flexibility index (Phi) is 9.55. The molecule has 2 unspecified atom stereocenters. The Hall–Kier alpha value is -4.93. The quantitative estimate of drug-likeness (QED) is 0.239. The lowest BCUT2D eigenvalue weighted by atomic mass is 9.71. The maximum absolute atomic E-state index is 14.6. The number of carbonyl (C=O) groups excluding carboxylic acids is 3. The first-order valence-electron chi connectivity index (χ1n) is 19.8. The van der Waals surface area contributed by atoms with E-state index < -0.39 is 46.2 Å². The molecule has 5 fully saturated rings. The molecule has 1 spiro atoms. The minimum absolute atomic E-state index is 0.0150. The molecular formula is C40H43F3N8O5S. The molecular weight excluding hydrogens is 762 g/mol. The lowest BCUT2D eigenvalue weighted by Crippen LogP contribution is -2.64. The van der Waals surface area contributed by atoms with Crippen LogP contribution in [0.15, 0.2) is 57.4 Å². The highest BCUT2D eigenvalue weighted by Gasteiger charge is 2.71. The largest absolute Gasteiger partial charge is 0.424 e. The molecule has 6 heterocycles. The fraction of sp³-hybridized carbons (Fsp3) is 0.550. The van der Waals surface area contributed by atoms with Gasteiger partial charge >= 0.3 is 6.18 Å². The molecule has 1 N–H and O–H groups in total. The van der Waals surface area contributed by atoms with Gasteiger partial charge in [-0.05, 0) is 55.6 Å². The van der Waals surface area contributed by atoms with Gasteiger partial charge in [0.15, 0.2) is 0 Å². The van der Waals surface area contributed by atoms with E-state index in [2.05, 4.69) is 37.3 Å². The van der Waals surface area contributed by atoms with Crippen molar-refractivity contribution in [3.63, 3.8) is 0 Å². The molecule has 0 radical (unpaired) electrons. The molecule has 3 aliphatic heterocycles. The number of carbonyl (C=O) groups is 3. The van der Waals surface area contributed by atoms with Gasteiger partial charge in [-0.1, -0.05) is 43.5 Å². The molecule has 3 aromatic heterocycles. The Morgan fingerprint density at radius 1 is 0.895 bits per heavy atom. The average molecular weight is 805 g/mol. The van der Waals surface area contributed by atoms with Gasteiger partial charge in [-0.25, -0.2) is 9.97 Å². The molecule has 5 aliphatic rings. The van der Waals surface area contributed by atoms with Crippen LogP contribution in [0, 0.1) is 10.8 Å². The number of likely N-dealkylation sites (tertiary alicyclic amines) is 3. The molecule has 3 saturated heterocycles. The van der Waals surface area contributed by atoms with Crippen molar-refractivity contribution < 1.29 is 32.0 Å². The number of alkyl halides is 3. The van der Waals surface area contributed by atoms with Crippen molar-refractivity contribution in [2.45, 2.75) is 87.6 Å². The van der Waals surface area contributed by atoms with E-state index in [0.717, 1.165) is 36.9 Å². The maximum Gasteiger partial charge on any atom is 0.403 e. The molecule has 2 atom stereocenters. The first kappa shape index (κ1) is 37.6. The molecule has 3 amide bonds. The molecule has 9 rings (SSSR count). The third kappa shape index (κ3) is 6.84. The minimum Gasteiger partial charge on any atom is -0.424 e. The van der Waals surface area contributed by atoms with Crippen LogP contribution >= 0.6 is 11.3 Å². The SMILES string of the molecule is O=C(c1c[nH]c(=O)cn1)N1CC(c2nnc(C(C(=O)N3CCC(c4nccs4)CC3)c3ccc(C4CCCCC4)cc3)o2)C2(C1)CN(C(=O)C1(C(F)(F)F)CC1)C2. The summed E-state index contributed by atoms with van der Waals surface area (Å²) in [5.41, 5.74) is -1.82. The zero-order chi connectivity index (χ0) is 39.5. The highest BCUT2D eigenvalue weighted by molar-refractivity contribution is 7.09. The van der Waals surface area contributed by atoms with Crippen molar-refractivity contribution in [1.29, 1.82) is 0 Å². The van der Waals surface area contributed by atoms with E-state index in [4.69, 9.17) is 4.42 Å². The third-order valence-electron chi connectivity index (χ3n) is 13.0. The third-order valence-corrected chi connectivity index (χ3v) is 14.0. The van der Waals surface area contributed by atoms with Gasteiger partial charge in [0.1, 0.15) is 17.0 Å². The van der Waals surface area contributed by atoms with E-state index in [1.54, 1.807) is 17.5 Å². The fourth-order valence-corrected chi connectivity index (χ4v) is 10.4. The zero-order valence-corrected chi connectivity index (χ0v) is 32.1. The Morgan fingerprint density at radius 3 is 2.25 bits per heavy atom. The van der Waals surface area contributed by atoms with E-state index in [-0.39, 0.29) is 68.3 Å². The van der Waals surface area contributed by atoms with Crippen LogP contribution in [0.4, 0.5) is 13.2 Å². The summed E-state index contributed by atoms with van der Waals surface area (Å²) in [5, 5.41) is 11.9. The first-order chi connectivity index (χ1) is 27.4. The minimum atomic E-state index is -4.66. The van der Waals surface area contributed by atoms with Gasteiger partial charge in [0.05, 0.1) is 17.1 Å². The van der Waals surface area contributed by atoms with E-state index >= 15 is 0 Å². The number of hydrogen-bond donors (Lipinski definition) is 1. The number of H-pyrrole nitrogens is 1. The summed E-state index contributed by atoms with van der Waals surface area (Å²) in [4.78, 5) is 68.7. The number of piperidine rings is 1. The fourth-order valence-electron chi connectivity index (χ4n) is 9.57. The molecule has 300 valence electrons. The molecule has 4 aromatic rings. The predicted molar refractivity (Wildman–Crippen MR) is 199 cm³/mol. The van der Waals surface area contributed by atoms with Gasteiger partial charge in [0.2, 0.25) is 23.6 Å². The van der Waals surface area contributed by atoms with E-state index in [1.807, 2.05) is 22.4 Å². The smallest absolute Gasteiger partial charge is 0.403 e. The number of aromatic nitrogens is 5. The maximum atomic E-state index is 14.6. The monoisotopic (exact) mass is 804 g/mol. The van der Waals surface area contributed by atoms with Gasteiger partial charge in [0.25, 0.3) is 11.5 Å². The van der Waals surface area contributed by atoms with E-state index in [9.17, 15) is 32.3 Å². The topological polar surface area (TPSA) is 158 Å². The van der Waals surface area contributed by atoms with E-state index in [0.29, 0.717) is 24.6 Å². The normalized spacial score (nSPS) is 22.7. The van der Waals surface area contributed by atoms with Gasteiger partial charge < -0.3 is 24.1 Å². The summed E-state index contributed by atoms with van der Waals surface area (Å²) >= 11 is 1.62. The standard InChI is InChI=1S/C40H43F3N8O5S/c41-40(42,43)39(12-13-39)37(55)51-22-38(23-51)21-50(35(53)29-18-46-30(52)19-45-29)20-28(38)32-47-48-33(56-32)31(26-8-6-25(7-9-26)24-4-2-1-3-5-24)36(54)49-15-10-27(11-16-49)34-44-14-17-57-34/h6-9,14,17-19,24,27-28,31H,1-5,10-13,15-16,20-23H2,(H,46,52). The highest BCUT2D eigenvalue weighted by atomic mass is 32.1. The Labute approximate surface area is 330 Å². The van der Waals surface area contributed by atoms with Crippen molar-refractivity contribution in [2.24, 2.45) is 10.8 Å². The lowest BCUT2D eigenvalue weighted by molar-refractivity contribution is -0.204. The summed E-state index contributed by atoms with van der Waals surface area (Å²) in [7, 11) is 0. The Morgan fingerprint density at radius 2 is 1.61 bits per heavy atom. The van der Waals surface area contributed by atoms with Crippen LogP contribution in [0.2, 0.25) is 0 Å². The van der Waals surface area contributed by atoms with Crippen molar-refractivity contribution in [3.8, 4) is 0 Å². The molecule has 57 heavy (non-hydrogen) atoms. The number of benzene rings is 1. The van der Waals surface area contributed by atoms with Crippen LogP contribution in [0.1, 0.15) is 120 Å². The predicted octanol–water partition coefficient (Wildman–Crippen LogP) is 5.61. The Bertz CT molecular complexity index is 2160. The van der Waals surface area contributed by atoms with Gasteiger partial charge in [0, 0.05) is 68.4 Å². The van der Waals surface area contributed by atoms with Gasteiger partial charge in [-0.15, -0.1) is 21.5 Å². The van der Waals surface area contributed by atoms with Crippen molar-refractivity contribution in [2.75, 3.05) is 39.3 Å². The number of thiazole rings is 1. The number of nitrogens with one attached hydrogen (secondary N) is 1. The second kappa shape index (κ2) is 14.5. The molecule has 0 bridgehead atoms. The second-order valence-electron chi connectivity index (χ2n) is 16.5. The molecule has 2 saturated carbocycles. The van der Waals surface area contributed by atoms with Crippen LogP contribution in [0.25, 0.3) is 0 Å². The first-order valence-corrected chi connectivity index (χ1v) is 20.6. The van der Waals surface area contributed by atoms with Crippen LogP contribution in [-0.4, -0.2) is 103 Å². The average Bonchev–Trinajstić information content (AvgIpc) is 3.50. The Balaban J connectivity index is 1.01. The zero-order valence-electron chi connectivity index (χ0n) is 31.2. The number of aromatic amines is 1. The van der Waals surface area contributed by atoms with Crippen molar-refractivity contribution in [3.05, 3.63) is 92.2 Å². The van der Waals surface area contributed by atoms with Crippen LogP contribution in [-0.2, 0) is 9.59 Å². The van der Waals surface area contributed by atoms with Gasteiger partial charge in [-0.2, -0.15) is 13.2 Å². The summed E-state index contributed by atoms with van der Waals surface area (Å²) in [5.74, 6) is -2.23. The number of nitrogens with zero attached hydrogens (tertiary/aromatic N) is 7. The molecule has 2 aliphatic carbocycles. The van der Waals surface area contributed by atoms with Crippen LogP contribution < -0.4 is 5.56 Å². The number of hydrogen-bond acceptors (Lipinski definition) is 10. The molecule has 13 nitrogen and oxygen atoms in total. The van der Waals surface area contributed by atoms with Crippen LogP contribution in [0.3, 0.4) is 0 Å². The lowest BCUT2D eigenvalue weighted by Gasteiger charge is -2.51. The van der Waals surface area contributed by atoms with Crippen molar-refractivity contribution in [1.82, 2.24) is 39.8 Å². The number of halogens is 3. The summed E-state index contributed by atoms with van der Waals surface area (Å²) in [6, 6.07) is 8.12. The van der Waals surface area contributed by atoms with Gasteiger partial charge in [-0.3, -0.25) is 19.2 Å². The number of amides is 3. The summed E-state index contributed by atoms with van der Waals surface area (Å²) in [6.07, 6.45) is 6.26. The van der Waals surface area contributed by atoms with Crippen molar-refractivity contribution >= 4 is 29.1 Å².